The predicted octanol–water partition coefficient (Wildman–Crippen LogP) is 3.73. The van der Waals surface area contributed by atoms with Crippen molar-refractivity contribution in [3.05, 3.63) is 58.1 Å². The zero-order valence-corrected chi connectivity index (χ0v) is 17.6. The molecule has 6 heteroatoms. The molecule has 2 aliphatic rings. The van der Waals surface area contributed by atoms with Gasteiger partial charge in [0.1, 0.15) is 11.4 Å². The molecular formula is C22H27ClO5. The van der Waals surface area contributed by atoms with E-state index < -0.39 is 23.4 Å². The summed E-state index contributed by atoms with van der Waals surface area (Å²) in [7, 11) is 0. The fourth-order valence-corrected chi connectivity index (χ4v) is 3.39. The molecule has 1 aliphatic heterocycles. The molecule has 0 aromatic carbocycles. The van der Waals surface area contributed by atoms with Crippen LogP contribution in [-0.4, -0.2) is 33.5 Å². The Labute approximate surface area is 170 Å². The number of halogens is 1. The van der Waals surface area contributed by atoms with E-state index in [1.54, 1.807) is 45.1 Å². The number of ketones is 2. The van der Waals surface area contributed by atoms with Crippen LogP contribution in [0.25, 0.3) is 0 Å². The second kappa shape index (κ2) is 8.60. The maximum Gasteiger partial charge on any atom is 0.206 e. The number of hydrogen-bond acceptors (Lipinski definition) is 5. The average Bonchev–Trinajstić information content (AvgIpc) is 2.66. The molecule has 0 aromatic heterocycles. The fraction of sp³-hybridized carbons (Fsp3) is 0.455. The molecule has 0 spiro atoms. The number of allylic oxidation sites excluding steroid dienone is 5. The van der Waals surface area contributed by atoms with Gasteiger partial charge in [-0.1, -0.05) is 30.7 Å². The van der Waals surface area contributed by atoms with E-state index >= 15 is 0 Å². The van der Waals surface area contributed by atoms with Gasteiger partial charge < -0.3 is 14.9 Å². The number of carbonyl (C=O) groups excluding carboxylic acids is 2. The summed E-state index contributed by atoms with van der Waals surface area (Å²) >= 11 is 6.26. The normalized spacial score (nSPS) is 27.8. The number of Topliss-reactive ketones (excluding diaryl/α,β-unsaturated/α-hetero) is 2. The lowest BCUT2D eigenvalue weighted by Crippen LogP contribution is -2.48. The number of rotatable bonds is 6. The maximum atomic E-state index is 12.7. The molecule has 0 unspecified atom stereocenters. The van der Waals surface area contributed by atoms with Gasteiger partial charge in [-0.25, -0.2) is 0 Å². The van der Waals surface area contributed by atoms with E-state index in [1.165, 1.54) is 13.2 Å². The first-order valence-electron chi connectivity index (χ1n) is 9.28. The van der Waals surface area contributed by atoms with E-state index in [1.807, 2.05) is 6.92 Å². The molecule has 152 valence electrons. The van der Waals surface area contributed by atoms with E-state index in [9.17, 15) is 19.8 Å². The van der Waals surface area contributed by atoms with Crippen molar-refractivity contribution < 1.29 is 24.5 Å². The van der Waals surface area contributed by atoms with Gasteiger partial charge in [-0.15, -0.1) is 0 Å². The van der Waals surface area contributed by atoms with Crippen LogP contribution in [0.1, 0.15) is 41.0 Å². The molecule has 4 atom stereocenters. The van der Waals surface area contributed by atoms with Gasteiger partial charge in [0.15, 0.2) is 5.78 Å². The van der Waals surface area contributed by atoms with Crippen molar-refractivity contribution in [2.75, 3.05) is 0 Å². The minimum Gasteiger partial charge on any atom is -0.465 e. The summed E-state index contributed by atoms with van der Waals surface area (Å²) in [6.45, 7) is 8.40. The van der Waals surface area contributed by atoms with Crippen LogP contribution in [0.15, 0.2) is 58.1 Å². The lowest BCUT2D eigenvalue weighted by molar-refractivity contribution is -0.137. The Bertz CT molecular complexity index is 824. The van der Waals surface area contributed by atoms with Gasteiger partial charge in [0.25, 0.3) is 0 Å². The quantitative estimate of drug-likeness (QED) is 0.656. The van der Waals surface area contributed by atoms with Crippen LogP contribution in [0.3, 0.4) is 0 Å². The van der Waals surface area contributed by atoms with Crippen molar-refractivity contribution in [1.29, 1.82) is 0 Å². The van der Waals surface area contributed by atoms with Crippen LogP contribution in [0.2, 0.25) is 0 Å². The topological polar surface area (TPSA) is 83.8 Å². The highest BCUT2D eigenvalue weighted by Crippen LogP contribution is 2.45. The highest BCUT2D eigenvalue weighted by Gasteiger charge is 2.49. The standard InChI is InChI=1S/C22H27ClO5/c1-6-12(2)19(25)10-18-17-11-28-15(8-7-13(3)14(4)24)9-16(17)20(23)21(26)22(18,5)27/h6-9,11,13-14,18,24,27H,10H2,1-5H3/b8-7+,12-6+/t13-,14-,18+,22+/m1/s1. The van der Waals surface area contributed by atoms with Crippen molar-refractivity contribution in [2.45, 2.75) is 52.7 Å². The largest absolute Gasteiger partial charge is 0.465 e. The molecule has 0 aromatic rings. The summed E-state index contributed by atoms with van der Waals surface area (Å²) in [5, 5.41) is 20.3. The van der Waals surface area contributed by atoms with Crippen LogP contribution in [0.5, 0.6) is 0 Å². The summed E-state index contributed by atoms with van der Waals surface area (Å²) in [6.07, 6.45) is 7.71. The molecule has 0 radical (unpaired) electrons. The summed E-state index contributed by atoms with van der Waals surface area (Å²) in [5.74, 6) is -1.16. The number of carbonyl (C=O) groups is 2. The van der Waals surface area contributed by atoms with Gasteiger partial charge in [0.05, 0.1) is 17.4 Å². The van der Waals surface area contributed by atoms with E-state index in [0.717, 1.165) is 0 Å². The van der Waals surface area contributed by atoms with Gasteiger partial charge in [0.2, 0.25) is 5.78 Å². The highest BCUT2D eigenvalue weighted by atomic mass is 35.5. The zero-order valence-electron chi connectivity index (χ0n) is 16.8. The van der Waals surface area contributed by atoms with Gasteiger partial charge in [0, 0.05) is 29.4 Å². The van der Waals surface area contributed by atoms with Gasteiger partial charge in [-0.2, -0.15) is 0 Å². The lowest BCUT2D eigenvalue weighted by Gasteiger charge is -2.38. The van der Waals surface area contributed by atoms with E-state index in [4.69, 9.17) is 16.3 Å². The first-order valence-corrected chi connectivity index (χ1v) is 9.66. The molecule has 0 amide bonds. The summed E-state index contributed by atoms with van der Waals surface area (Å²) in [6, 6.07) is 0. The molecule has 28 heavy (non-hydrogen) atoms. The van der Waals surface area contributed by atoms with Crippen molar-refractivity contribution in [2.24, 2.45) is 11.8 Å². The molecule has 0 bridgehead atoms. The second-order valence-electron chi connectivity index (χ2n) is 7.55. The molecule has 0 fully saturated rings. The Hall–Kier alpha value is -1.95. The summed E-state index contributed by atoms with van der Waals surface area (Å²) < 4.78 is 5.64. The average molecular weight is 407 g/mol. The van der Waals surface area contributed by atoms with Crippen molar-refractivity contribution in [3.63, 3.8) is 0 Å². The van der Waals surface area contributed by atoms with Gasteiger partial charge in [-0.05, 0) is 45.4 Å². The van der Waals surface area contributed by atoms with Gasteiger partial charge in [-0.3, -0.25) is 9.59 Å². The molecular weight excluding hydrogens is 380 g/mol. The molecule has 2 N–H and O–H groups in total. The maximum absolute atomic E-state index is 12.7. The predicted molar refractivity (Wildman–Crippen MR) is 108 cm³/mol. The zero-order chi connectivity index (χ0) is 21.2. The SMILES string of the molecule is C/C=C(\C)C(=O)C[C@H]1C2=COC(/C=C/[C@@H](C)[C@@H](C)O)=CC2=C(Cl)C(=O)[C@@]1(C)O. The fourth-order valence-electron chi connectivity index (χ4n) is 3.03. The minimum absolute atomic E-state index is 0.0319. The van der Waals surface area contributed by atoms with Crippen LogP contribution >= 0.6 is 11.6 Å². The number of hydrogen-bond donors (Lipinski definition) is 2. The van der Waals surface area contributed by atoms with E-state index in [2.05, 4.69) is 0 Å². The summed E-state index contributed by atoms with van der Waals surface area (Å²) in [5.41, 5.74) is -0.270. The summed E-state index contributed by atoms with van der Waals surface area (Å²) in [4.78, 5) is 25.1. The third-order valence-corrected chi connectivity index (χ3v) is 5.83. The monoisotopic (exact) mass is 406 g/mol. The Morgan fingerprint density at radius 2 is 2.07 bits per heavy atom. The van der Waals surface area contributed by atoms with Crippen LogP contribution in [0, 0.1) is 11.8 Å². The molecule has 1 heterocycles. The number of aliphatic hydroxyl groups is 2. The molecule has 0 saturated carbocycles. The molecule has 2 rings (SSSR count). The van der Waals surface area contributed by atoms with E-state index in [-0.39, 0.29) is 23.2 Å². The van der Waals surface area contributed by atoms with Crippen LogP contribution in [0.4, 0.5) is 0 Å². The smallest absolute Gasteiger partial charge is 0.206 e. The van der Waals surface area contributed by atoms with Crippen LogP contribution < -0.4 is 0 Å². The number of aliphatic hydroxyl groups excluding tert-OH is 1. The minimum atomic E-state index is -1.80. The third kappa shape index (κ3) is 4.37. The highest BCUT2D eigenvalue weighted by molar-refractivity contribution is 6.45. The van der Waals surface area contributed by atoms with Crippen molar-refractivity contribution >= 4 is 23.2 Å². The molecule has 0 saturated heterocycles. The molecule has 5 nitrogen and oxygen atoms in total. The number of fused-ring (bicyclic) bond motifs is 1. The number of ether oxygens (including phenoxy) is 1. The molecule has 1 aliphatic carbocycles. The van der Waals surface area contributed by atoms with Crippen LogP contribution in [-0.2, 0) is 14.3 Å². The van der Waals surface area contributed by atoms with E-state index in [0.29, 0.717) is 22.5 Å². The third-order valence-electron chi connectivity index (χ3n) is 5.46. The Morgan fingerprint density at radius 3 is 2.64 bits per heavy atom. The van der Waals surface area contributed by atoms with Gasteiger partial charge >= 0.3 is 0 Å². The van der Waals surface area contributed by atoms with Crippen molar-refractivity contribution in [3.8, 4) is 0 Å². The van der Waals surface area contributed by atoms with Crippen molar-refractivity contribution in [1.82, 2.24) is 0 Å². The Balaban J connectivity index is 2.41. The first-order chi connectivity index (χ1) is 13.0. The lowest BCUT2D eigenvalue weighted by atomic mass is 9.70. The first kappa shape index (κ1) is 22.3. The Morgan fingerprint density at radius 1 is 1.43 bits per heavy atom. The second-order valence-corrected chi connectivity index (χ2v) is 7.93. The Kier molecular flexibility index (Phi) is 6.86.